The molecule has 0 aromatic heterocycles. The lowest BCUT2D eigenvalue weighted by Gasteiger charge is -2.26. The van der Waals surface area contributed by atoms with E-state index >= 15 is 0 Å². The van der Waals surface area contributed by atoms with Crippen LogP contribution in [0.3, 0.4) is 0 Å². The minimum atomic E-state index is -1.26. The number of nitro benzene ring substituents is 1. The first kappa shape index (κ1) is 15.5. The first-order valence-electron chi connectivity index (χ1n) is 6.32. The molecule has 1 fully saturated rings. The Hall–Kier alpha value is -1.86. The lowest BCUT2D eigenvalue weighted by atomic mass is 9.96. The number of rotatable bonds is 6. The van der Waals surface area contributed by atoms with E-state index in [1.54, 1.807) is 0 Å². The average Bonchev–Trinajstić information content (AvgIpc) is 3.29. The summed E-state index contributed by atoms with van der Waals surface area (Å²) in [5, 5.41) is 11.0. The maximum Gasteiger partial charge on any atom is 0.329 e. The van der Waals surface area contributed by atoms with Crippen molar-refractivity contribution in [3.63, 3.8) is 0 Å². The van der Waals surface area contributed by atoms with E-state index in [4.69, 9.17) is 26.8 Å². The fourth-order valence-corrected chi connectivity index (χ4v) is 2.22. The number of carbonyl (C=O) groups excluding carboxylic acids is 1. The summed E-state index contributed by atoms with van der Waals surface area (Å²) in [6.45, 7) is -0.148. The summed E-state index contributed by atoms with van der Waals surface area (Å²) in [5.41, 5.74) is 4.66. The van der Waals surface area contributed by atoms with Crippen LogP contribution in [-0.4, -0.2) is 30.1 Å². The Labute approximate surface area is 126 Å². The second-order valence-corrected chi connectivity index (χ2v) is 5.37. The highest BCUT2D eigenvalue weighted by atomic mass is 35.5. The molecule has 1 saturated carbocycles. The molecular formula is C13H15ClN2O5. The molecule has 1 unspecified atom stereocenters. The summed E-state index contributed by atoms with van der Waals surface area (Å²) in [6, 6.07) is 3.83. The summed E-state index contributed by atoms with van der Waals surface area (Å²) in [4.78, 5) is 22.0. The number of benzene rings is 1. The van der Waals surface area contributed by atoms with Crippen LogP contribution >= 0.6 is 11.6 Å². The van der Waals surface area contributed by atoms with E-state index in [1.165, 1.54) is 25.3 Å². The number of nitro groups is 1. The molecule has 8 heteroatoms. The number of non-ortho nitro benzene ring substituents is 1. The molecule has 0 aliphatic heterocycles. The molecule has 0 amide bonds. The van der Waals surface area contributed by atoms with E-state index in [0.717, 1.165) is 12.8 Å². The molecule has 0 bridgehead atoms. The predicted molar refractivity (Wildman–Crippen MR) is 75.3 cm³/mol. The van der Waals surface area contributed by atoms with E-state index in [-0.39, 0.29) is 29.0 Å². The molecule has 0 saturated heterocycles. The van der Waals surface area contributed by atoms with Crippen molar-refractivity contribution in [2.75, 3.05) is 13.7 Å². The van der Waals surface area contributed by atoms with Gasteiger partial charge in [0.15, 0.2) is 5.54 Å². The van der Waals surface area contributed by atoms with Gasteiger partial charge in [-0.2, -0.15) is 0 Å². The number of methoxy groups -OCH3 is 1. The van der Waals surface area contributed by atoms with Crippen LogP contribution < -0.4 is 10.5 Å². The van der Waals surface area contributed by atoms with Gasteiger partial charge in [-0.3, -0.25) is 10.1 Å². The largest absolute Gasteiger partial charge is 0.489 e. The van der Waals surface area contributed by atoms with Crippen molar-refractivity contribution >= 4 is 23.3 Å². The van der Waals surface area contributed by atoms with Crippen LogP contribution in [0.1, 0.15) is 12.8 Å². The maximum atomic E-state index is 11.8. The molecule has 1 aromatic carbocycles. The molecule has 1 atom stereocenters. The molecule has 2 N–H and O–H groups in total. The van der Waals surface area contributed by atoms with Gasteiger partial charge in [0.05, 0.1) is 23.1 Å². The Morgan fingerprint density at radius 3 is 2.76 bits per heavy atom. The molecular weight excluding hydrogens is 300 g/mol. The maximum absolute atomic E-state index is 11.8. The summed E-state index contributed by atoms with van der Waals surface area (Å²) in [6.07, 6.45) is 1.63. The number of hydrogen-bond acceptors (Lipinski definition) is 6. The highest BCUT2D eigenvalue weighted by Gasteiger charge is 2.50. The zero-order chi connectivity index (χ0) is 15.6. The Morgan fingerprint density at radius 2 is 2.24 bits per heavy atom. The van der Waals surface area contributed by atoms with Gasteiger partial charge in [-0.05, 0) is 24.8 Å². The third-order valence-electron chi connectivity index (χ3n) is 3.46. The van der Waals surface area contributed by atoms with Crippen molar-refractivity contribution in [1.29, 1.82) is 0 Å². The third kappa shape index (κ3) is 3.25. The molecule has 0 radical (unpaired) electrons. The first-order valence-corrected chi connectivity index (χ1v) is 6.70. The molecule has 0 heterocycles. The van der Waals surface area contributed by atoms with Crippen molar-refractivity contribution in [3.8, 4) is 5.75 Å². The fraction of sp³-hybridized carbons (Fsp3) is 0.462. The van der Waals surface area contributed by atoms with Crippen molar-refractivity contribution < 1.29 is 19.2 Å². The molecule has 1 aliphatic carbocycles. The fourth-order valence-electron chi connectivity index (χ4n) is 2.05. The lowest BCUT2D eigenvalue weighted by Crippen LogP contribution is -2.55. The van der Waals surface area contributed by atoms with E-state index < -0.39 is 16.4 Å². The molecule has 7 nitrogen and oxygen atoms in total. The van der Waals surface area contributed by atoms with Crippen LogP contribution in [0.25, 0.3) is 0 Å². The SMILES string of the molecule is COC(=O)C(N)(COc1cc([N+](=O)[O-])ccc1Cl)C1CC1. The van der Waals surface area contributed by atoms with Gasteiger partial charge in [0.2, 0.25) is 0 Å². The normalized spacial score (nSPS) is 16.9. The number of ether oxygens (including phenoxy) is 2. The van der Waals surface area contributed by atoms with E-state index in [2.05, 4.69) is 0 Å². The zero-order valence-electron chi connectivity index (χ0n) is 11.4. The van der Waals surface area contributed by atoms with Crippen molar-refractivity contribution in [2.45, 2.75) is 18.4 Å². The average molecular weight is 315 g/mol. The second kappa shape index (κ2) is 5.87. The van der Waals surface area contributed by atoms with Crippen LogP contribution in [-0.2, 0) is 9.53 Å². The third-order valence-corrected chi connectivity index (χ3v) is 3.78. The van der Waals surface area contributed by atoms with Gasteiger partial charge in [-0.1, -0.05) is 11.6 Å². The molecule has 0 spiro atoms. The van der Waals surface area contributed by atoms with Crippen LogP contribution in [0.5, 0.6) is 5.75 Å². The Morgan fingerprint density at radius 1 is 1.57 bits per heavy atom. The molecule has 21 heavy (non-hydrogen) atoms. The number of nitrogens with two attached hydrogens (primary N) is 1. The molecule has 2 rings (SSSR count). The van der Waals surface area contributed by atoms with Crippen LogP contribution in [0.2, 0.25) is 5.02 Å². The minimum absolute atomic E-state index is 0.0116. The Balaban J connectivity index is 2.16. The number of carbonyl (C=O) groups is 1. The van der Waals surface area contributed by atoms with E-state index in [0.29, 0.717) is 0 Å². The van der Waals surface area contributed by atoms with E-state index in [1.807, 2.05) is 0 Å². The van der Waals surface area contributed by atoms with Crippen LogP contribution in [0.15, 0.2) is 18.2 Å². The standard InChI is InChI=1S/C13H15ClN2O5/c1-20-12(17)13(15,8-2-3-8)7-21-11-6-9(16(18)19)4-5-10(11)14/h4-6,8H,2-3,7,15H2,1H3. The van der Waals surface area contributed by atoms with Crippen molar-refractivity contribution in [2.24, 2.45) is 11.7 Å². The highest BCUT2D eigenvalue weighted by Crippen LogP contribution is 2.40. The van der Waals surface area contributed by atoms with Crippen LogP contribution in [0.4, 0.5) is 5.69 Å². The summed E-state index contributed by atoms with van der Waals surface area (Å²) < 4.78 is 10.2. The monoisotopic (exact) mass is 314 g/mol. The lowest BCUT2D eigenvalue weighted by molar-refractivity contribution is -0.384. The Kier molecular flexibility index (Phi) is 4.34. The molecule has 1 aliphatic rings. The summed E-state index contributed by atoms with van der Waals surface area (Å²) >= 11 is 5.93. The van der Waals surface area contributed by atoms with Gasteiger partial charge >= 0.3 is 5.97 Å². The van der Waals surface area contributed by atoms with Gasteiger partial charge in [0.25, 0.3) is 5.69 Å². The number of esters is 1. The smallest absolute Gasteiger partial charge is 0.329 e. The van der Waals surface area contributed by atoms with Gasteiger partial charge in [-0.15, -0.1) is 0 Å². The van der Waals surface area contributed by atoms with Crippen molar-refractivity contribution in [1.82, 2.24) is 0 Å². The highest BCUT2D eigenvalue weighted by molar-refractivity contribution is 6.32. The van der Waals surface area contributed by atoms with Gasteiger partial charge in [0.1, 0.15) is 12.4 Å². The number of halogens is 1. The molecule has 1 aromatic rings. The number of nitrogens with zero attached hydrogens (tertiary/aromatic N) is 1. The first-order chi connectivity index (χ1) is 9.88. The van der Waals surface area contributed by atoms with Gasteiger partial charge in [-0.25, -0.2) is 4.79 Å². The topological polar surface area (TPSA) is 105 Å². The van der Waals surface area contributed by atoms with Gasteiger partial charge in [0, 0.05) is 6.07 Å². The second-order valence-electron chi connectivity index (χ2n) is 4.97. The van der Waals surface area contributed by atoms with Crippen LogP contribution in [0, 0.1) is 16.0 Å². The van der Waals surface area contributed by atoms with Gasteiger partial charge < -0.3 is 15.2 Å². The van der Waals surface area contributed by atoms with E-state index in [9.17, 15) is 14.9 Å². The molecule has 114 valence electrons. The summed E-state index contributed by atoms with van der Waals surface area (Å²) in [5.74, 6) is -0.459. The predicted octanol–water partition coefficient (Wildman–Crippen LogP) is 1.91. The van der Waals surface area contributed by atoms with Crippen molar-refractivity contribution in [3.05, 3.63) is 33.3 Å². The zero-order valence-corrected chi connectivity index (χ0v) is 12.1. The summed E-state index contributed by atoms with van der Waals surface area (Å²) in [7, 11) is 1.26. The minimum Gasteiger partial charge on any atom is -0.489 e. The number of hydrogen-bond donors (Lipinski definition) is 1. The Bertz CT molecular complexity index is 576. The quantitative estimate of drug-likeness (QED) is 0.488.